The molecule has 0 radical (unpaired) electrons. The summed E-state index contributed by atoms with van der Waals surface area (Å²) in [7, 11) is 0. The van der Waals surface area contributed by atoms with Crippen LogP contribution in [0.2, 0.25) is 0 Å². The van der Waals surface area contributed by atoms with Crippen molar-refractivity contribution < 1.29 is 28.4 Å². The molecule has 4 atom stereocenters. The van der Waals surface area contributed by atoms with Gasteiger partial charge in [-0.25, -0.2) is 29.9 Å². The van der Waals surface area contributed by atoms with E-state index in [9.17, 15) is 0 Å². The van der Waals surface area contributed by atoms with Gasteiger partial charge in [-0.2, -0.15) is 0 Å². The number of rotatable bonds is 16. The van der Waals surface area contributed by atoms with E-state index in [4.69, 9.17) is 58.3 Å². The predicted octanol–water partition coefficient (Wildman–Crippen LogP) is 15.5. The maximum atomic E-state index is 7.00. The number of nitrogens with one attached hydrogen (secondary N) is 2. The molecule has 13 rings (SSSR count). The van der Waals surface area contributed by atoms with E-state index in [1.807, 2.05) is 0 Å². The number of fused-ring (bicyclic) bond motifs is 30. The Morgan fingerprint density at radius 3 is 0.949 bits per heavy atom. The van der Waals surface area contributed by atoms with Gasteiger partial charge in [-0.05, 0) is 59.8 Å². The summed E-state index contributed by atoms with van der Waals surface area (Å²) < 4.78 is 41.4. The average Bonchev–Trinajstić information content (AvgIpc) is 4.50. The molecule has 14 heteroatoms. The van der Waals surface area contributed by atoms with Crippen molar-refractivity contribution in [2.45, 2.75) is 156 Å². The highest BCUT2D eigenvalue weighted by Crippen LogP contribution is 2.62. The molecule has 7 aromatic rings. The lowest BCUT2D eigenvalue weighted by molar-refractivity contribution is 0.0854. The van der Waals surface area contributed by atoms with Gasteiger partial charge in [0, 0.05) is 43.8 Å². The van der Waals surface area contributed by atoms with Gasteiger partial charge in [-0.1, -0.05) is 143 Å². The number of unbranched alkanes of at least 4 members (excludes halogenated alkanes) is 4. The molecule has 0 amide bonds. The summed E-state index contributed by atoms with van der Waals surface area (Å²) in [6.45, 7) is 24.1. The minimum Gasteiger partial charge on any atom is -0.492 e. The highest BCUT2D eigenvalue weighted by atomic mass is 16.5. The first-order chi connectivity index (χ1) is 37.8. The molecule has 9 heterocycles. The van der Waals surface area contributed by atoms with Crippen molar-refractivity contribution in [1.29, 1.82) is 0 Å². The standard InChI is InChI=1S/C64H70N8O6/c1-11-15-27-73-51-43-39-23-25-41(77-39)45(43)53(75-29-17-13-3)49-47(51)59-67-55-35-21-19-33(63(5,6)7)31-37(35)58(65-55)70-62-50-48(52(74-28-16-12-2)44-40-24-26-42(78-40)46(44)54(50)76-30-18-14-4)60(72-62)68-56-36-22-20-34(64(8,9)10)32-38(36)57(66-56)69-61(49)71-59/h19-26,31-32,39-42H,11-18,27-30H2,1-10H3,(H2,65,66,67,68,69,70,71,72). The van der Waals surface area contributed by atoms with Crippen LogP contribution in [0.5, 0.6) is 23.0 Å². The topological polar surface area (TPSA) is 164 Å². The third-order valence-electron chi connectivity index (χ3n) is 16.0. The van der Waals surface area contributed by atoms with Crippen molar-refractivity contribution >= 4 is 44.1 Å². The second-order valence-electron chi connectivity index (χ2n) is 23.6. The first kappa shape index (κ1) is 50.4. The van der Waals surface area contributed by atoms with Gasteiger partial charge >= 0.3 is 0 Å². The fourth-order valence-electron chi connectivity index (χ4n) is 11.7. The van der Waals surface area contributed by atoms with E-state index in [2.05, 4.69) is 140 Å². The van der Waals surface area contributed by atoms with Gasteiger partial charge in [-0.15, -0.1) is 0 Å². The van der Waals surface area contributed by atoms with Crippen LogP contribution in [0.3, 0.4) is 0 Å². The molecule has 4 unspecified atom stereocenters. The molecule has 6 aliphatic heterocycles. The van der Waals surface area contributed by atoms with E-state index >= 15 is 0 Å². The summed E-state index contributed by atoms with van der Waals surface area (Å²) >= 11 is 0. The highest BCUT2D eigenvalue weighted by molar-refractivity contribution is 6.08. The predicted molar refractivity (Wildman–Crippen MR) is 306 cm³/mol. The number of hydrogen-bond donors (Lipinski definition) is 2. The van der Waals surface area contributed by atoms with Crippen molar-refractivity contribution in [2.75, 3.05) is 26.4 Å². The van der Waals surface area contributed by atoms with Crippen molar-refractivity contribution in [3.05, 3.63) is 94.1 Å². The van der Waals surface area contributed by atoms with Crippen molar-refractivity contribution in [3.63, 3.8) is 0 Å². The molecule has 4 aromatic carbocycles. The lowest BCUT2D eigenvalue weighted by atomic mass is 9.86. The lowest BCUT2D eigenvalue weighted by Gasteiger charge is -2.22. The molecule has 0 spiro atoms. The van der Waals surface area contributed by atoms with Gasteiger partial charge in [0.2, 0.25) is 0 Å². The Balaban J connectivity index is 1.21. The summed E-state index contributed by atoms with van der Waals surface area (Å²) in [4.78, 5) is 40.9. The molecule has 78 heavy (non-hydrogen) atoms. The zero-order valence-corrected chi connectivity index (χ0v) is 46.7. The van der Waals surface area contributed by atoms with E-state index in [0.717, 1.165) is 129 Å². The SMILES string of the molecule is CCCCOc1c2c(c(OCCCC)c3c1C1C=CC3O1)-c1nc-2nc2[nH]c(nc3nc(nc4[nH]c(n1)c1cc(C(C)(C)C)ccc41)-c1c(OCCCC)c4c(c(OCCCC)c1-3)C1C=CC4O1)c1cc(C(C)(C)C)ccc21. The first-order valence-electron chi connectivity index (χ1n) is 28.6. The largest absolute Gasteiger partial charge is 0.492 e. The summed E-state index contributed by atoms with van der Waals surface area (Å²) in [5.41, 5.74) is 11.0. The molecule has 0 saturated heterocycles. The van der Waals surface area contributed by atoms with Crippen molar-refractivity contribution in [1.82, 2.24) is 39.9 Å². The normalized spacial score (nSPS) is 18.3. The van der Waals surface area contributed by atoms with Gasteiger partial charge < -0.3 is 38.4 Å². The molecule has 3 aromatic heterocycles. The Morgan fingerprint density at radius 2 is 0.679 bits per heavy atom. The second kappa shape index (κ2) is 19.3. The fourth-order valence-corrected chi connectivity index (χ4v) is 11.7. The number of H-pyrrole nitrogens is 2. The molecule has 6 aliphatic rings. The molecular weight excluding hydrogens is 977 g/mol. The van der Waals surface area contributed by atoms with E-state index in [-0.39, 0.29) is 35.2 Å². The van der Waals surface area contributed by atoms with Gasteiger partial charge in [0.25, 0.3) is 0 Å². The first-order valence-corrected chi connectivity index (χ1v) is 28.6. The van der Waals surface area contributed by atoms with Crippen LogP contribution >= 0.6 is 0 Å². The number of aromatic nitrogens is 8. The Hall–Kier alpha value is -7.16. The molecule has 14 nitrogen and oxygen atoms in total. The highest BCUT2D eigenvalue weighted by Gasteiger charge is 2.47. The molecule has 12 bridgehead atoms. The molecule has 0 aliphatic carbocycles. The van der Waals surface area contributed by atoms with Crippen LogP contribution in [0.15, 0.2) is 60.7 Å². The molecular formula is C64H70N8O6. The van der Waals surface area contributed by atoms with Crippen LogP contribution in [0.25, 0.3) is 89.7 Å². The van der Waals surface area contributed by atoms with Crippen LogP contribution in [0, 0.1) is 0 Å². The number of ether oxygens (including phenoxy) is 6. The number of nitrogens with zero attached hydrogens (tertiary/aromatic N) is 6. The number of hydrogen-bond acceptors (Lipinski definition) is 12. The average molecular weight is 1050 g/mol. The van der Waals surface area contributed by atoms with Crippen LogP contribution in [-0.2, 0) is 20.3 Å². The number of benzene rings is 4. The Morgan fingerprint density at radius 1 is 0.397 bits per heavy atom. The van der Waals surface area contributed by atoms with E-state index in [1.165, 1.54) is 0 Å². The van der Waals surface area contributed by atoms with Crippen molar-refractivity contribution in [3.8, 4) is 68.5 Å². The quantitative estimate of drug-likeness (QED) is 0.0696. The van der Waals surface area contributed by atoms with Gasteiger partial charge in [-0.3, -0.25) is 0 Å². The smallest absolute Gasteiger partial charge is 0.168 e. The Kier molecular flexibility index (Phi) is 12.5. The zero-order valence-electron chi connectivity index (χ0n) is 46.7. The lowest BCUT2D eigenvalue weighted by Crippen LogP contribution is -2.10. The van der Waals surface area contributed by atoms with Crippen LogP contribution in [0.4, 0.5) is 0 Å². The summed E-state index contributed by atoms with van der Waals surface area (Å²) in [6.07, 6.45) is 14.6. The van der Waals surface area contributed by atoms with E-state index < -0.39 is 0 Å². The van der Waals surface area contributed by atoms with Gasteiger partial charge in [0.05, 0.1) is 48.7 Å². The molecule has 402 valence electrons. The molecule has 0 saturated carbocycles. The Labute approximate surface area is 455 Å². The van der Waals surface area contributed by atoms with E-state index in [0.29, 0.717) is 95.3 Å². The minimum absolute atomic E-state index is 0.175. The third-order valence-corrected chi connectivity index (χ3v) is 16.0. The summed E-state index contributed by atoms with van der Waals surface area (Å²) in [6, 6.07) is 13.1. The fraction of sp³-hybridized carbons (Fsp3) is 0.438. The number of aromatic amines is 2. The summed E-state index contributed by atoms with van der Waals surface area (Å²) in [5, 5.41) is 3.51. The van der Waals surface area contributed by atoms with Crippen LogP contribution in [-0.4, -0.2) is 66.3 Å². The molecule has 2 N–H and O–H groups in total. The van der Waals surface area contributed by atoms with Gasteiger partial charge in [0.1, 0.15) is 70.0 Å². The minimum atomic E-state index is -0.312. The maximum Gasteiger partial charge on any atom is 0.168 e. The zero-order chi connectivity index (χ0) is 53.8. The maximum absolute atomic E-state index is 7.00. The van der Waals surface area contributed by atoms with Crippen LogP contribution < -0.4 is 18.9 Å². The van der Waals surface area contributed by atoms with Crippen molar-refractivity contribution in [2.24, 2.45) is 0 Å². The Bertz CT molecular complexity index is 3590. The molecule has 0 fully saturated rings. The third kappa shape index (κ3) is 8.18. The second-order valence-corrected chi connectivity index (χ2v) is 23.6. The monoisotopic (exact) mass is 1050 g/mol. The van der Waals surface area contributed by atoms with E-state index in [1.54, 1.807) is 0 Å². The van der Waals surface area contributed by atoms with Crippen LogP contribution in [0.1, 0.15) is 178 Å². The van der Waals surface area contributed by atoms with Gasteiger partial charge in [0.15, 0.2) is 23.3 Å². The summed E-state index contributed by atoms with van der Waals surface area (Å²) in [5.74, 6) is 4.58.